The molecule has 0 aliphatic heterocycles. The zero-order chi connectivity index (χ0) is 33.4. The second-order valence-electron chi connectivity index (χ2n) is 9.62. The van der Waals surface area contributed by atoms with Crippen LogP contribution >= 0.6 is 0 Å². The third-order valence-electron chi connectivity index (χ3n) is 6.37. The van der Waals surface area contributed by atoms with Crippen molar-refractivity contribution in [1.82, 2.24) is 21.8 Å². The van der Waals surface area contributed by atoms with Crippen LogP contribution in [-0.4, -0.2) is 59.7 Å². The molecule has 0 saturated heterocycles. The Morgan fingerprint density at radius 3 is 1.15 bits per heavy atom. The van der Waals surface area contributed by atoms with Gasteiger partial charge in [0.1, 0.15) is 11.5 Å². The second kappa shape index (κ2) is 17.2. The van der Waals surface area contributed by atoms with Crippen molar-refractivity contribution in [2.45, 2.75) is 6.42 Å². The number of ether oxygens (including phenoxy) is 2. The lowest BCUT2D eigenvalue weighted by Gasteiger charge is -2.08. The fourth-order valence-electron chi connectivity index (χ4n) is 3.87. The number of amides is 4. The first-order valence-electron chi connectivity index (χ1n) is 14.1. The van der Waals surface area contributed by atoms with Gasteiger partial charge in [0.05, 0.1) is 25.6 Å². The van der Waals surface area contributed by atoms with Gasteiger partial charge in [0.25, 0.3) is 23.6 Å². The van der Waals surface area contributed by atoms with E-state index < -0.39 is 23.6 Å². The molecule has 0 fully saturated rings. The predicted octanol–water partition coefficient (Wildman–Crippen LogP) is 3.30. The summed E-state index contributed by atoms with van der Waals surface area (Å²) in [5, 5.41) is 25.2. The monoisotopic (exact) mass is 638 g/mol. The number of hydrazone groups is 2. The van der Waals surface area contributed by atoms with Crippen LogP contribution in [0.3, 0.4) is 0 Å². The third-order valence-corrected chi connectivity index (χ3v) is 6.37. The van der Waals surface area contributed by atoms with Gasteiger partial charge < -0.3 is 9.47 Å². The lowest BCUT2D eigenvalue weighted by molar-refractivity contribution is 0.0702. The molecule has 4 rings (SSSR count). The fourth-order valence-corrected chi connectivity index (χ4v) is 3.87. The Labute approximate surface area is 268 Å². The first kappa shape index (κ1) is 33.5. The summed E-state index contributed by atoms with van der Waals surface area (Å²) in [4.78, 5) is 47.1. The number of rotatable bonds is 14. The number of carbonyl (C=O) groups is 4. The molecular formula is C33H30N6O8. The molecule has 4 aromatic carbocycles. The number of nitrogens with one attached hydrogen (secondary N) is 4. The molecule has 0 atom stereocenters. The van der Waals surface area contributed by atoms with Gasteiger partial charge in [-0.05, 0) is 108 Å². The molecule has 0 radical (unpaired) electrons. The summed E-state index contributed by atoms with van der Waals surface area (Å²) < 4.78 is 11.5. The lowest BCUT2D eigenvalue weighted by Crippen LogP contribution is -2.20. The molecule has 14 heteroatoms. The molecule has 0 spiro atoms. The molecule has 47 heavy (non-hydrogen) atoms. The van der Waals surface area contributed by atoms with E-state index in [2.05, 4.69) is 21.1 Å². The molecule has 240 valence electrons. The Balaban J connectivity index is 1.11. The molecule has 6 N–H and O–H groups in total. The van der Waals surface area contributed by atoms with Gasteiger partial charge in [0.2, 0.25) is 0 Å². The Morgan fingerprint density at radius 2 is 0.830 bits per heavy atom. The highest BCUT2D eigenvalue weighted by Gasteiger charge is 2.09. The van der Waals surface area contributed by atoms with Crippen molar-refractivity contribution in [1.29, 1.82) is 0 Å². The molecule has 0 bridgehead atoms. The van der Waals surface area contributed by atoms with E-state index in [1.165, 1.54) is 71.9 Å². The summed E-state index contributed by atoms with van der Waals surface area (Å²) in [5.41, 5.74) is 10.4. The van der Waals surface area contributed by atoms with Crippen LogP contribution in [0.25, 0.3) is 0 Å². The van der Waals surface area contributed by atoms with Crippen molar-refractivity contribution in [2.75, 3.05) is 13.2 Å². The van der Waals surface area contributed by atoms with E-state index in [-0.39, 0.29) is 11.1 Å². The zero-order valence-corrected chi connectivity index (χ0v) is 24.8. The Morgan fingerprint density at radius 1 is 0.511 bits per heavy atom. The normalized spacial score (nSPS) is 10.8. The molecule has 4 aromatic rings. The Bertz CT molecular complexity index is 1590. The number of hydroxylamine groups is 2. The molecule has 4 amide bonds. The zero-order valence-electron chi connectivity index (χ0n) is 24.8. The minimum atomic E-state index is -0.673. The van der Waals surface area contributed by atoms with Gasteiger partial charge >= 0.3 is 0 Å². The molecule has 0 heterocycles. The van der Waals surface area contributed by atoms with Crippen LogP contribution in [0.4, 0.5) is 0 Å². The summed E-state index contributed by atoms with van der Waals surface area (Å²) >= 11 is 0. The van der Waals surface area contributed by atoms with E-state index in [0.29, 0.717) is 42.3 Å². The van der Waals surface area contributed by atoms with Crippen molar-refractivity contribution in [3.05, 3.63) is 130 Å². The van der Waals surface area contributed by atoms with Gasteiger partial charge in [0.15, 0.2) is 0 Å². The van der Waals surface area contributed by atoms with Crippen molar-refractivity contribution >= 4 is 36.1 Å². The van der Waals surface area contributed by atoms with E-state index >= 15 is 0 Å². The maximum absolute atomic E-state index is 12.2. The maximum atomic E-state index is 12.2. The van der Waals surface area contributed by atoms with E-state index in [1.54, 1.807) is 48.5 Å². The van der Waals surface area contributed by atoms with Crippen LogP contribution in [-0.2, 0) is 0 Å². The van der Waals surface area contributed by atoms with Gasteiger partial charge in [0, 0.05) is 28.7 Å². The van der Waals surface area contributed by atoms with Crippen LogP contribution in [0, 0.1) is 0 Å². The van der Waals surface area contributed by atoms with E-state index in [9.17, 15) is 19.2 Å². The largest absolute Gasteiger partial charge is 0.493 e. The fraction of sp³-hybridized carbons (Fsp3) is 0.0909. The highest BCUT2D eigenvalue weighted by atomic mass is 16.5. The van der Waals surface area contributed by atoms with Crippen LogP contribution in [0.2, 0.25) is 0 Å². The summed E-state index contributed by atoms with van der Waals surface area (Å²) in [7, 11) is 0. The number of nitrogens with zero attached hydrogens (tertiary/aromatic N) is 2. The molecular weight excluding hydrogens is 608 g/mol. The van der Waals surface area contributed by atoms with Crippen molar-refractivity contribution in [2.24, 2.45) is 10.2 Å². The van der Waals surface area contributed by atoms with Gasteiger partial charge in [-0.15, -0.1) is 0 Å². The Kier molecular flexibility index (Phi) is 12.3. The van der Waals surface area contributed by atoms with Gasteiger partial charge in [-0.2, -0.15) is 10.2 Å². The second-order valence-corrected chi connectivity index (χ2v) is 9.62. The smallest absolute Gasteiger partial charge is 0.274 e. The van der Waals surface area contributed by atoms with E-state index in [0.717, 1.165) is 11.1 Å². The molecule has 0 aromatic heterocycles. The molecule has 0 aliphatic rings. The summed E-state index contributed by atoms with van der Waals surface area (Å²) in [6, 6.07) is 25.7. The van der Waals surface area contributed by atoms with E-state index in [4.69, 9.17) is 19.9 Å². The van der Waals surface area contributed by atoms with Crippen LogP contribution in [0.1, 0.15) is 59.0 Å². The first-order valence-corrected chi connectivity index (χ1v) is 14.1. The van der Waals surface area contributed by atoms with Crippen LogP contribution in [0.15, 0.2) is 107 Å². The third kappa shape index (κ3) is 10.3. The molecule has 0 saturated carbocycles. The quantitative estimate of drug-likeness (QED) is 0.0523. The first-order chi connectivity index (χ1) is 22.9. The average Bonchev–Trinajstić information content (AvgIpc) is 3.12. The van der Waals surface area contributed by atoms with Gasteiger partial charge in [-0.1, -0.05) is 0 Å². The van der Waals surface area contributed by atoms with Gasteiger partial charge in [-0.3, -0.25) is 29.6 Å². The lowest BCUT2D eigenvalue weighted by atomic mass is 10.1. The number of carbonyl (C=O) groups excluding carboxylic acids is 4. The number of hydrogen-bond acceptors (Lipinski definition) is 10. The van der Waals surface area contributed by atoms with Crippen molar-refractivity contribution in [3.63, 3.8) is 0 Å². The van der Waals surface area contributed by atoms with Crippen LogP contribution in [0.5, 0.6) is 11.5 Å². The summed E-state index contributed by atoms with van der Waals surface area (Å²) in [5.74, 6) is -0.921. The Hall–Kier alpha value is -6.38. The molecule has 0 aliphatic carbocycles. The van der Waals surface area contributed by atoms with Crippen molar-refractivity contribution in [3.8, 4) is 11.5 Å². The highest BCUT2D eigenvalue weighted by molar-refractivity contribution is 5.98. The van der Waals surface area contributed by atoms with Crippen molar-refractivity contribution < 1.29 is 39.1 Å². The van der Waals surface area contributed by atoms with Crippen LogP contribution < -0.4 is 31.3 Å². The number of hydrogen-bond donors (Lipinski definition) is 6. The molecule has 14 nitrogen and oxygen atoms in total. The van der Waals surface area contributed by atoms with Gasteiger partial charge in [-0.25, -0.2) is 21.8 Å². The highest BCUT2D eigenvalue weighted by Crippen LogP contribution is 2.14. The SMILES string of the molecule is O=C(NO)c1ccc(C(=O)N/N=C/c2ccc(OCCCOc3ccc(/C=N/NC(=O)c4ccc(C(=O)NO)cc4)cc3)cc2)cc1. The standard InChI is InChI=1S/C33H30N6O8/c40-30(24-6-10-26(11-7-24)32(42)38-44)36-34-20-22-2-14-28(15-3-22)46-18-1-19-47-29-16-4-23(5-17-29)21-35-37-31(41)25-8-12-27(13-9-25)33(43)39-45/h2-17,20-21,44-45H,1,18-19H2,(H,36,40)(H,37,41)(H,38,42)(H,39,43)/b34-20+,35-21+. The topological polar surface area (TPSA) is 200 Å². The summed E-state index contributed by atoms with van der Waals surface area (Å²) in [6.07, 6.45) is 3.61. The maximum Gasteiger partial charge on any atom is 0.274 e. The average molecular weight is 639 g/mol. The summed E-state index contributed by atoms with van der Waals surface area (Å²) in [6.45, 7) is 0.869. The molecule has 0 unspecified atom stereocenters. The minimum Gasteiger partial charge on any atom is -0.493 e. The number of benzene rings is 4. The predicted molar refractivity (Wildman–Crippen MR) is 170 cm³/mol. The van der Waals surface area contributed by atoms with E-state index in [1.807, 2.05) is 0 Å². The minimum absolute atomic E-state index is 0.211.